The zero-order valence-corrected chi connectivity index (χ0v) is 7.34. The molecule has 0 bridgehead atoms. The van der Waals surface area contributed by atoms with Crippen molar-refractivity contribution in [2.45, 2.75) is 0 Å². The minimum Gasteiger partial charge on any atom is -0.360 e. The molecular weight excluding hydrogens is 190 g/mol. The second-order valence-electron chi connectivity index (χ2n) is 2.61. The Morgan fingerprint density at radius 1 is 1.38 bits per heavy atom. The Kier molecular flexibility index (Phi) is 1.94. The van der Waals surface area contributed by atoms with Crippen molar-refractivity contribution in [3.8, 4) is 0 Å². The number of H-pyrrole nitrogens is 1. The molecular formula is C9H6ClNO2. The monoisotopic (exact) mass is 195 g/mol. The van der Waals surface area contributed by atoms with Crippen molar-refractivity contribution in [1.29, 1.82) is 0 Å². The quantitative estimate of drug-likeness (QED) is 0.760. The minimum atomic E-state index is -0.542. The second-order valence-corrected chi connectivity index (χ2v) is 2.77. The van der Waals surface area contributed by atoms with Gasteiger partial charge >= 0.3 is 5.97 Å². The summed E-state index contributed by atoms with van der Waals surface area (Å²) in [6.45, 7) is 0. The molecule has 13 heavy (non-hydrogen) atoms. The molecule has 0 amide bonds. The number of hydrogen-bond acceptors (Lipinski definition) is 2. The summed E-state index contributed by atoms with van der Waals surface area (Å²) in [5, 5.41) is 0.813. The van der Waals surface area contributed by atoms with E-state index in [0.29, 0.717) is 5.56 Å². The van der Waals surface area contributed by atoms with Crippen LogP contribution >= 0.6 is 11.9 Å². The van der Waals surface area contributed by atoms with Crippen molar-refractivity contribution in [3.05, 3.63) is 36.0 Å². The first-order chi connectivity index (χ1) is 6.33. The highest BCUT2D eigenvalue weighted by molar-refractivity contribution is 6.18. The van der Waals surface area contributed by atoms with Gasteiger partial charge in [-0.2, -0.15) is 0 Å². The van der Waals surface area contributed by atoms with Crippen LogP contribution in [0.25, 0.3) is 10.9 Å². The lowest BCUT2D eigenvalue weighted by Gasteiger charge is -1.92. The summed E-state index contributed by atoms with van der Waals surface area (Å²) in [7, 11) is 0. The lowest BCUT2D eigenvalue weighted by Crippen LogP contribution is -1.95. The van der Waals surface area contributed by atoms with E-state index in [1.54, 1.807) is 6.20 Å². The summed E-state index contributed by atoms with van der Waals surface area (Å²) in [5.41, 5.74) is 1.34. The molecule has 4 heteroatoms. The van der Waals surface area contributed by atoms with E-state index in [2.05, 4.69) is 9.27 Å². The zero-order chi connectivity index (χ0) is 9.26. The number of hydrogen-bond donors (Lipinski definition) is 1. The van der Waals surface area contributed by atoms with Crippen LogP contribution in [0.5, 0.6) is 0 Å². The van der Waals surface area contributed by atoms with E-state index in [9.17, 15) is 4.79 Å². The number of benzene rings is 1. The van der Waals surface area contributed by atoms with Crippen LogP contribution in [0.15, 0.2) is 30.5 Å². The van der Waals surface area contributed by atoms with Crippen molar-refractivity contribution in [1.82, 2.24) is 4.98 Å². The number of nitrogens with one attached hydrogen (secondary N) is 1. The number of halogens is 1. The Hall–Kier alpha value is -1.48. The van der Waals surface area contributed by atoms with Gasteiger partial charge in [0.2, 0.25) is 0 Å². The molecule has 0 fully saturated rings. The van der Waals surface area contributed by atoms with Gasteiger partial charge in [0.05, 0.1) is 5.56 Å². The van der Waals surface area contributed by atoms with E-state index in [0.717, 1.165) is 10.9 Å². The fourth-order valence-electron chi connectivity index (χ4n) is 1.28. The molecule has 1 heterocycles. The van der Waals surface area contributed by atoms with Crippen molar-refractivity contribution >= 4 is 28.7 Å². The van der Waals surface area contributed by atoms with E-state index in [4.69, 9.17) is 11.9 Å². The van der Waals surface area contributed by atoms with Crippen LogP contribution in [0, 0.1) is 0 Å². The molecule has 2 rings (SSSR count). The molecule has 0 aliphatic rings. The Balaban J connectivity index is 2.64. The number of rotatable bonds is 1. The maximum Gasteiger partial charge on any atom is 0.358 e. The first kappa shape index (κ1) is 8.13. The van der Waals surface area contributed by atoms with E-state index >= 15 is 0 Å². The summed E-state index contributed by atoms with van der Waals surface area (Å²) in [4.78, 5) is 14.1. The van der Waals surface area contributed by atoms with E-state index in [-0.39, 0.29) is 0 Å². The van der Waals surface area contributed by atoms with Crippen LogP contribution in [0.1, 0.15) is 10.4 Å². The third-order valence-corrected chi connectivity index (χ3v) is 2.02. The summed E-state index contributed by atoms with van der Waals surface area (Å²) >= 11 is 4.98. The summed E-state index contributed by atoms with van der Waals surface area (Å²) in [6, 6.07) is 7.44. The molecule has 1 N–H and O–H groups in total. The van der Waals surface area contributed by atoms with Crippen LogP contribution in [0.4, 0.5) is 0 Å². The highest BCUT2D eigenvalue weighted by Gasteiger charge is 2.11. The fourth-order valence-corrected chi connectivity index (χ4v) is 1.37. The highest BCUT2D eigenvalue weighted by atomic mass is 35.5. The first-order valence-electron chi connectivity index (χ1n) is 3.72. The maximum atomic E-state index is 11.1. The van der Waals surface area contributed by atoms with Crippen LogP contribution < -0.4 is 0 Å². The van der Waals surface area contributed by atoms with Crippen molar-refractivity contribution in [2.24, 2.45) is 0 Å². The van der Waals surface area contributed by atoms with Gasteiger partial charge in [0.15, 0.2) is 0 Å². The second kappa shape index (κ2) is 3.11. The summed E-state index contributed by atoms with van der Waals surface area (Å²) in [6.07, 6.45) is 1.58. The van der Waals surface area contributed by atoms with Gasteiger partial charge in [0, 0.05) is 17.1 Å². The molecule has 3 nitrogen and oxygen atoms in total. The molecule has 0 atom stereocenters. The number of carbonyl (C=O) groups is 1. The van der Waals surface area contributed by atoms with Gasteiger partial charge in [-0.05, 0) is 6.07 Å². The Bertz CT molecular complexity index is 450. The van der Waals surface area contributed by atoms with Crippen LogP contribution in [0.3, 0.4) is 0 Å². The van der Waals surface area contributed by atoms with Crippen molar-refractivity contribution < 1.29 is 9.08 Å². The van der Waals surface area contributed by atoms with Gasteiger partial charge in [-0.1, -0.05) is 18.2 Å². The summed E-state index contributed by atoms with van der Waals surface area (Å²) < 4.78 is 4.12. The fraction of sp³-hybridized carbons (Fsp3) is 0. The van der Waals surface area contributed by atoms with Gasteiger partial charge in [0.25, 0.3) is 0 Å². The number of carbonyl (C=O) groups excluding carboxylic acids is 1. The number of aromatic amines is 1. The topological polar surface area (TPSA) is 42.1 Å². The normalized spacial score (nSPS) is 10.2. The molecule has 0 spiro atoms. The smallest absolute Gasteiger partial charge is 0.358 e. The molecule has 0 aliphatic carbocycles. The molecule has 0 saturated carbocycles. The predicted molar refractivity (Wildman–Crippen MR) is 49.6 cm³/mol. The van der Waals surface area contributed by atoms with E-state index in [1.165, 1.54) is 0 Å². The molecule has 0 unspecified atom stereocenters. The third-order valence-electron chi connectivity index (χ3n) is 1.88. The standard InChI is InChI=1S/C9H6ClNO2/c10-13-9(12)7-5-11-8-4-2-1-3-6(7)8/h1-5,11H. The minimum absolute atomic E-state index is 0.450. The molecule has 0 radical (unpaired) electrons. The lowest BCUT2D eigenvalue weighted by molar-refractivity contribution is 0.0753. The van der Waals surface area contributed by atoms with Crippen molar-refractivity contribution in [3.63, 3.8) is 0 Å². The van der Waals surface area contributed by atoms with Gasteiger partial charge < -0.3 is 9.27 Å². The van der Waals surface area contributed by atoms with Crippen molar-refractivity contribution in [2.75, 3.05) is 0 Å². The average Bonchev–Trinajstić information content (AvgIpc) is 2.60. The first-order valence-corrected chi connectivity index (χ1v) is 4.03. The lowest BCUT2D eigenvalue weighted by atomic mass is 10.2. The van der Waals surface area contributed by atoms with E-state index in [1.807, 2.05) is 24.3 Å². The number of para-hydroxylation sites is 1. The third kappa shape index (κ3) is 1.27. The number of fused-ring (bicyclic) bond motifs is 1. The summed E-state index contributed by atoms with van der Waals surface area (Å²) in [5.74, 6) is -0.542. The van der Waals surface area contributed by atoms with Gasteiger partial charge in [0.1, 0.15) is 11.9 Å². The Morgan fingerprint density at radius 3 is 2.92 bits per heavy atom. The molecule has 66 valence electrons. The predicted octanol–water partition coefficient (Wildman–Crippen LogP) is 2.48. The van der Waals surface area contributed by atoms with Gasteiger partial charge in [-0.25, -0.2) is 4.79 Å². The van der Waals surface area contributed by atoms with Gasteiger partial charge in [-0.3, -0.25) is 0 Å². The zero-order valence-electron chi connectivity index (χ0n) is 6.58. The largest absolute Gasteiger partial charge is 0.360 e. The van der Waals surface area contributed by atoms with Gasteiger partial charge in [-0.15, -0.1) is 0 Å². The maximum absolute atomic E-state index is 11.1. The molecule has 0 saturated heterocycles. The molecule has 2 aromatic rings. The SMILES string of the molecule is O=C(OCl)c1c[nH]c2ccccc12. The van der Waals surface area contributed by atoms with Crippen LogP contribution in [0.2, 0.25) is 0 Å². The molecule has 0 aliphatic heterocycles. The highest BCUT2D eigenvalue weighted by Crippen LogP contribution is 2.18. The van der Waals surface area contributed by atoms with Crippen LogP contribution in [-0.2, 0) is 4.29 Å². The Labute approximate surface area is 79.4 Å². The number of aromatic nitrogens is 1. The molecule has 1 aromatic carbocycles. The molecule has 1 aromatic heterocycles. The average molecular weight is 196 g/mol. The Morgan fingerprint density at radius 2 is 2.15 bits per heavy atom. The van der Waals surface area contributed by atoms with E-state index < -0.39 is 5.97 Å². The van der Waals surface area contributed by atoms with Crippen LogP contribution in [-0.4, -0.2) is 11.0 Å².